The fourth-order valence-electron chi connectivity index (χ4n) is 2.28. The summed E-state index contributed by atoms with van der Waals surface area (Å²) in [6, 6.07) is 0. The lowest BCUT2D eigenvalue weighted by atomic mass is 10.0. The van der Waals surface area contributed by atoms with Gasteiger partial charge >= 0.3 is 0 Å². The van der Waals surface area contributed by atoms with Gasteiger partial charge in [0, 0.05) is 24.6 Å². The molecule has 0 aliphatic carbocycles. The topological polar surface area (TPSA) is 49.4 Å². The average Bonchev–Trinajstić information content (AvgIpc) is 2.31. The van der Waals surface area contributed by atoms with Crippen molar-refractivity contribution in [3.63, 3.8) is 0 Å². The van der Waals surface area contributed by atoms with Gasteiger partial charge in [-0.25, -0.2) is 12.7 Å². The third-order valence-corrected chi connectivity index (χ3v) is 6.26. The molecule has 0 unspecified atom stereocenters. The maximum atomic E-state index is 12.2. The number of nitrogens with zero attached hydrogens (tertiary/aromatic N) is 1. The van der Waals surface area contributed by atoms with Crippen molar-refractivity contribution in [1.82, 2.24) is 9.62 Å². The molecule has 0 atom stereocenters. The minimum absolute atomic E-state index is 0.360. The Bertz CT molecular complexity index is 307. The Morgan fingerprint density at radius 2 is 1.81 bits per heavy atom. The molecule has 2 fully saturated rings. The molecule has 0 amide bonds. The van der Waals surface area contributed by atoms with Gasteiger partial charge in [-0.1, -0.05) is 0 Å². The van der Waals surface area contributed by atoms with Crippen molar-refractivity contribution in [3.05, 3.63) is 0 Å². The van der Waals surface area contributed by atoms with E-state index in [9.17, 15) is 8.42 Å². The number of nitrogens with one attached hydrogen (secondary N) is 1. The molecule has 0 saturated carbocycles. The fourth-order valence-corrected chi connectivity index (χ4v) is 5.29. The lowest BCUT2D eigenvalue weighted by Gasteiger charge is -2.29. The SMILES string of the molecule is O=S(=O)(CC1CCNCC1)N1CCSCC1. The fraction of sp³-hybridized carbons (Fsp3) is 1.00. The van der Waals surface area contributed by atoms with Crippen LogP contribution in [0.4, 0.5) is 0 Å². The molecule has 2 saturated heterocycles. The van der Waals surface area contributed by atoms with Gasteiger partial charge in [0.1, 0.15) is 0 Å². The van der Waals surface area contributed by atoms with Crippen LogP contribution in [0.1, 0.15) is 12.8 Å². The van der Waals surface area contributed by atoms with E-state index in [0.29, 0.717) is 24.8 Å². The van der Waals surface area contributed by atoms with Gasteiger partial charge < -0.3 is 5.32 Å². The van der Waals surface area contributed by atoms with Crippen LogP contribution < -0.4 is 5.32 Å². The number of thioether (sulfide) groups is 1. The summed E-state index contributed by atoms with van der Waals surface area (Å²) in [7, 11) is -2.99. The van der Waals surface area contributed by atoms with E-state index in [1.807, 2.05) is 11.8 Å². The van der Waals surface area contributed by atoms with Crippen molar-refractivity contribution in [2.75, 3.05) is 43.4 Å². The molecule has 0 bridgehead atoms. The highest BCUT2D eigenvalue weighted by atomic mass is 32.2. The lowest BCUT2D eigenvalue weighted by molar-refractivity contribution is 0.384. The van der Waals surface area contributed by atoms with Crippen LogP contribution in [0.15, 0.2) is 0 Å². The molecule has 1 N–H and O–H groups in total. The van der Waals surface area contributed by atoms with E-state index in [-0.39, 0.29) is 0 Å². The molecule has 0 radical (unpaired) electrons. The third kappa shape index (κ3) is 3.35. The molecule has 2 heterocycles. The molecule has 0 spiro atoms. The molecule has 0 aromatic heterocycles. The molecule has 0 aromatic rings. The quantitative estimate of drug-likeness (QED) is 0.800. The number of sulfonamides is 1. The van der Waals surface area contributed by atoms with Crippen LogP contribution in [0.5, 0.6) is 0 Å². The summed E-state index contributed by atoms with van der Waals surface area (Å²) in [6.07, 6.45) is 2.00. The second kappa shape index (κ2) is 5.71. The number of rotatable bonds is 3. The summed E-state index contributed by atoms with van der Waals surface area (Å²) in [6.45, 7) is 3.35. The first-order valence-electron chi connectivity index (χ1n) is 5.95. The van der Waals surface area contributed by atoms with Gasteiger partial charge in [-0.3, -0.25) is 0 Å². The summed E-state index contributed by atoms with van der Waals surface area (Å²) in [5.74, 6) is 2.62. The summed E-state index contributed by atoms with van der Waals surface area (Å²) in [5, 5.41) is 3.27. The number of hydrogen-bond donors (Lipinski definition) is 1. The zero-order chi connectivity index (χ0) is 11.4. The van der Waals surface area contributed by atoms with Crippen LogP contribution in [0, 0.1) is 5.92 Å². The monoisotopic (exact) mass is 264 g/mol. The van der Waals surface area contributed by atoms with Crippen molar-refractivity contribution >= 4 is 21.8 Å². The second-order valence-electron chi connectivity index (χ2n) is 4.48. The van der Waals surface area contributed by atoms with Gasteiger partial charge in [-0.2, -0.15) is 11.8 Å². The summed E-state index contributed by atoms with van der Waals surface area (Å²) in [4.78, 5) is 0. The molecule has 94 valence electrons. The summed E-state index contributed by atoms with van der Waals surface area (Å²) < 4.78 is 26.0. The van der Waals surface area contributed by atoms with E-state index in [1.54, 1.807) is 4.31 Å². The standard InChI is InChI=1S/C10H20N2O2S2/c13-16(14,12-5-7-15-8-6-12)9-10-1-3-11-4-2-10/h10-11H,1-9H2. The Kier molecular flexibility index (Phi) is 4.52. The van der Waals surface area contributed by atoms with Crippen LogP contribution in [0.2, 0.25) is 0 Å². The highest BCUT2D eigenvalue weighted by Crippen LogP contribution is 2.19. The zero-order valence-corrected chi connectivity index (χ0v) is 11.2. The molecule has 0 aromatic carbocycles. The maximum Gasteiger partial charge on any atom is 0.214 e. The van der Waals surface area contributed by atoms with E-state index < -0.39 is 10.0 Å². The minimum Gasteiger partial charge on any atom is -0.317 e. The smallest absolute Gasteiger partial charge is 0.214 e. The molecule has 6 heteroatoms. The Morgan fingerprint density at radius 1 is 1.19 bits per heavy atom. The minimum atomic E-state index is -2.99. The van der Waals surface area contributed by atoms with Crippen LogP contribution >= 0.6 is 11.8 Å². The van der Waals surface area contributed by atoms with E-state index in [2.05, 4.69) is 5.32 Å². The van der Waals surface area contributed by atoms with Crippen LogP contribution in [0.25, 0.3) is 0 Å². The van der Waals surface area contributed by atoms with Gasteiger partial charge in [0.05, 0.1) is 5.75 Å². The van der Waals surface area contributed by atoms with Crippen molar-refractivity contribution in [2.24, 2.45) is 5.92 Å². The Labute approximate surface area is 102 Å². The Morgan fingerprint density at radius 3 is 2.44 bits per heavy atom. The first-order chi connectivity index (χ1) is 7.68. The summed E-state index contributed by atoms with van der Waals surface area (Å²) >= 11 is 1.84. The van der Waals surface area contributed by atoms with Crippen molar-refractivity contribution in [3.8, 4) is 0 Å². The third-order valence-electron chi connectivity index (χ3n) is 3.27. The van der Waals surface area contributed by atoms with Gasteiger partial charge in [-0.05, 0) is 31.8 Å². The molecule has 2 aliphatic heterocycles. The van der Waals surface area contributed by atoms with E-state index in [4.69, 9.17) is 0 Å². The second-order valence-corrected chi connectivity index (χ2v) is 7.72. The normalized spacial score (nSPS) is 25.8. The van der Waals surface area contributed by atoms with Crippen molar-refractivity contribution < 1.29 is 8.42 Å². The molecular weight excluding hydrogens is 244 g/mol. The van der Waals surface area contributed by atoms with E-state index in [1.165, 1.54) is 0 Å². The maximum absolute atomic E-state index is 12.2. The highest BCUT2D eigenvalue weighted by Gasteiger charge is 2.28. The largest absolute Gasteiger partial charge is 0.317 e. The predicted octanol–water partition coefficient (Wildman–Crippen LogP) is 0.365. The van der Waals surface area contributed by atoms with Gasteiger partial charge in [-0.15, -0.1) is 0 Å². The molecule has 4 nitrogen and oxygen atoms in total. The molecule has 16 heavy (non-hydrogen) atoms. The van der Waals surface area contributed by atoms with Crippen molar-refractivity contribution in [2.45, 2.75) is 12.8 Å². The van der Waals surface area contributed by atoms with Gasteiger partial charge in [0.15, 0.2) is 0 Å². The number of piperidine rings is 1. The predicted molar refractivity (Wildman–Crippen MR) is 68.3 cm³/mol. The zero-order valence-electron chi connectivity index (χ0n) is 9.52. The molecule has 2 rings (SSSR count). The first kappa shape index (κ1) is 12.7. The van der Waals surface area contributed by atoms with Gasteiger partial charge in [0.25, 0.3) is 0 Å². The van der Waals surface area contributed by atoms with E-state index in [0.717, 1.165) is 37.4 Å². The molecule has 2 aliphatic rings. The first-order valence-corrected chi connectivity index (χ1v) is 8.71. The van der Waals surface area contributed by atoms with Gasteiger partial charge in [0.2, 0.25) is 10.0 Å². The Balaban J connectivity index is 1.90. The Hall–Kier alpha value is 0.220. The van der Waals surface area contributed by atoms with E-state index >= 15 is 0 Å². The van der Waals surface area contributed by atoms with Crippen molar-refractivity contribution in [1.29, 1.82) is 0 Å². The lowest BCUT2D eigenvalue weighted by Crippen LogP contribution is -2.42. The van der Waals surface area contributed by atoms with Crippen LogP contribution in [-0.2, 0) is 10.0 Å². The highest BCUT2D eigenvalue weighted by molar-refractivity contribution is 7.99. The van der Waals surface area contributed by atoms with Crippen LogP contribution in [0.3, 0.4) is 0 Å². The number of hydrogen-bond acceptors (Lipinski definition) is 4. The average molecular weight is 264 g/mol. The molecular formula is C10H20N2O2S2. The summed E-state index contributed by atoms with van der Waals surface area (Å²) in [5.41, 5.74) is 0. The van der Waals surface area contributed by atoms with Crippen LogP contribution in [-0.4, -0.2) is 56.2 Å².